The smallest absolute Gasteiger partial charge is 0.222 e. The molecule has 23 heavy (non-hydrogen) atoms. The van der Waals surface area contributed by atoms with E-state index < -0.39 is 0 Å². The molecule has 1 N–H and O–H groups in total. The molecule has 0 fully saturated rings. The molecule has 1 aliphatic rings. The van der Waals surface area contributed by atoms with Gasteiger partial charge < -0.3 is 9.88 Å². The fourth-order valence-electron chi connectivity index (χ4n) is 3.58. The van der Waals surface area contributed by atoms with Crippen LogP contribution in [-0.2, 0) is 31.2 Å². The molecule has 0 aromatic carbocycles. The Bertz CT molecular complexity index is 700. The second-order valence-electron chi connectivity index (χ2n) is 6.22. The predicted molar refractivity (Wildman–Crippen MR) is 88.0 cm³/mol. The van der Waals surface area contributed by atoms with Crippen molar-refractivity contribution in [3.05, 3.63) is 35.2 Å². The van der Waals surface area contributed by atoms with Crippen molar-refractivity contribution in [1.82, 2.24) is 24.6 Å². The number of aromatic nitrogens is 4. The summed E-state index contributed by atoms with van der Waals surface area (Å²) in [6.45, 7) is 4.79. The lowest BCUT2D eigenvalue weighted by atomic mass is 9.91. The molecule has 2 aromatic heterocycles. The van der Waals surface area contributed by atoms with Crippen LogP contribution in [0.1, 0.15) is 55.0 Å². The molecule has 0 aliphatic heterocycles. The number of carbonyl (C=O) groups is 1. The van der Waals surface area contributed by atoms with E-state index in [0.717, 1.165) is 37.2 Å². The van der Waals surface area contributed by atoms with Gasteiger partial charge in [-0.2, -0.15) is 5.10 Å². The van der Waals surface area contributed by atoms with Gasteiger partial charge >= 0.3 is 0 Å². The van der Waals surface area contributed by atoms with Crippen LogP contribution in [0.5, 0.6) is 0 Å². The third-order valence-corrected chi connectivity index (χ3v) is 4.68. The van der Waals surface area contributed by atoms with Gasteiger partial charge in [0.25, 0.3) is 0 Å². The molecule has 0 spiro atoms. The van der Waals surface area contributed by atoms with Gasteiger partial charge in [0, 0.05) is 50.1 Å². The summed E-state index contributed by atoms with van der Waals surface area (Å²) in [4.78, 5) is 16.7. The summed E-state index contributed by atoms with van der Waals surface area (Å²) in [6.07, 6.45) is 8.24. The number of aryl methyl sites for hydroxylation is 4. The second-order valence-corrected chi connectivity index (χ2v) is 6.22. The average Bonchev–Trinajstić information content (AvgIpc) is 3.10. The standard InChI is InChI=1S/C17H25N5O/c1-4-15-18-9-11-22(15)10-8-16(23)19-13-6-5-7-14-17(13)12(2)20-21(14)3/h9,11,13H,4-8,10H2,1-3H3,(H,19,23). The molecule has 1 unspecified atom stereocenters. The van der Waals surface area contributed by atoms with E-state index in [0.29, 0.717) is 13.0 Å². The first kappa shape index (κ1) is 15.8. The van der Waals surface area contributed by atoms with Crippen LogP contribution < -0.4 is 5.32 Å². The highest BCUT2D eigenvalue weighted by molar-refractivity contribution is 5.76. The fourth-order valence-corrected chi connectivity index (χ4v) is 3.58. The monoisotopic (exact) mass is 315 g/mol. The summed E-state index contributed by atoms with van der Waals surface area (Å²) in [5, 5.41) is 7.72. The first-order valence-electron chi connectivity index (χ1n) is 8.42. The number of nitrogens with zero attached hydrogens (tertiary/aromatic N) is 4. The minimum atomic E-state index is 0.0989. The van der Waals surface area contributed by atoms with Gasteiger partial charge in [-0.3, -0.25) is 9.48 Å². The maximum absolute atomic E-state index is 12.4. The number of imidazole rings is 1. The largest absolute Gasteiger partial charge is 0.349 e. The Morgan fingerprint density at radius 1 is 1.48 bits per heavy atom. The zero-order chi connectivity index (χ0) is 16.4. The normalized spacial score (nSPS) is 17.1. The van der Waals surface area contributed by atoms with Gasteiger partial charge in [0.2, 0.25) is 5.91 Å². The van der Waals surface area contributed by atoms with Crippen molar-refractivity contribution in [2.24, 2.45) is 7.05 Å². The SMILES string of the molecule is CCc1nccn1CCC(=O)NC1CCCc2c1c(C)nn2C. The Balaban J connectivity index is 1.63. The van der Waals surface area contributed by atoms with E-state index in [1.165, 1.54) is 11.3 Å². The molecule has 0 bridgehead atoms. The number of rotatable bonds is 5. The molecule has 0 radical (unpaired) electrons. The lowest BCUT2D eigenvalue weighted by Crippen LogP contribution is -2.32. The molecule has 1 atom stereocenters. The first-order valence-corrected chi connectivity index (χ1v) is 8.42. The Morgan fingerprint density at radius 3 is 3.09 bits per heavy atom. The molecule has 1 amide bonds. The molecule has 2 aromatic rings. The van der Waals surface area contributed by atoms with Crippen molar-refractivity contribution >= 4 is 5.91 Å². The predicted octanol–water partition coefficient (Wildman–Crippen LogP) is 2.07. The summed E-state index contributed by atoms with van der Waals surface area (Å²) < 4.78 is 4.02. The summed E-state index contributed by atoms with van der Waals surface area (Å²) in [5.41, 5.74) is 3.53. The number of hydrogen-bond donors (Lipinski definition) is 1. The quantitative estimate of drug-likeness (QED) is 0.918. The van der Waals surface area contributed by atoms with Crippen LogP contribution in [0, 0.1) is 6.92 Å². The van der Waals surface area contributed by atoms with Gasteiger partial charge in [-0.1, -0.05) is 6.92 Å². The second kappa shape index (κ2) is 6.56. The Kier molecular flexibility index (Phi) is 4.50. The summed E-state index contributed by atoms with van der Waals surface area (Å²) in [6, 6.07) is 0.105. The molecular weight excluding hydrogens is 290 g/mol. The van der Waals surface area contributed by atoms with Crippen molar-refractivity contribution in [3.8, 4) is 0 Å². The van der Waals surface area contributed by atoms with Crippen LogP contribution in [0.15, 0.2) is 12.4 Å². The Hall–Kier alpha value is -2.11. The highest BCUT2D eigenvalue weighted by Gasteiger charge is 2.27. The van der Waals surface area contributed by atoms with E-state index in [4.69, 9.17) is 0 Å². The van der Waals surface area contributed by atoms with Crippen molar-refractivity contribution in [1.29, 1.82) is 0 Å². The maximum Gasteiger partial charge on any atom is 0.222 e. The molecular formula is C17H25N5O. The summed E-state index contributed by atoms with van der Waals surface area (Å²) in [7, 11) is 1.99. The van der Waals surface area contributed by atoms with Gasteiger partial charge in [-0.25, -0.2) is 4.98 Å². The molecule has 0 saturated carbocycles. The van der Waals surface area contributed by atoms with Crippen LogP contribution in [0.2, 0.25) is 0 Å². The van der Waals surface area contributed by atoms with Crippen molar-refractivity contribution in [2.45, 2.75) is 58.5 Å². The summed E-state index contributed by atoms with van der Waals surface area (Å²) >= 11 is 0. The maximum atomic E-state index is 12.4. The van der Waals surface area contributed by atoms with Crippen LogP contribution in [0.3, 0.4) is 0 Å². The van der Waals surface area contributed by atoms with E-state index in [-0.39, 0.29) is 11.9 Å². The highest BCUT2D eigenvalue weighted by Crippen LogP contribution is 2.31. The molecule has 124 valence electrons. The van der Waals surface area contributed by atoms with Crippen LogP contribution in [0.4, 0.5) is 0 Å². The van der Waals surface area contributed by atoms with E-state index in [9.17, 15) is 4.79 Å². The van der Waals surface area contributed by atoms with Crippen molar-refractivity contribution in [2.75, 3.05) is 0 Å². The fraction of sp³-hybridized carbons (Fsp3) is 0.588. The van der Waals surface area contributed by atoms with Crippen molar-refractivity contribution in [3.63, 3.8) is 0 Å². The lowest BCUT2D eigenvalue weighted by Gasteiger charge is -2.24. The van der Waals surface area contributed by atoms with E-state index in [2.05, 4.69) is 26.9 Å². The molecule has 6 nitrogen and oxygen atoms in total. The molecule has 3 rings (SSSR count). The molecule has 1 aliphatic carbocycles. The average molecular weight is 315 g/mol. The Labute approximate surface area is 136 Å². The van der Waals surface area contributed by atoms with Gasteiger partial charge in [0.05, 0.1) is 11.7 Å². The number of hydrogen-bond acceptors (Lipinski definition) is 3. The lowest BCUT2D eigenvalue weighted by molar-refractivity contribution is -0.122. The topological polar surface area (TPSA) is 64.7 Å². The van der Waals surface area contributed by atoms with Crippen LogP contribution in [-0.4, -0.2) is 25.2 Å². The Morgan fingerprint density at radius 2 is 2.30 bits per heavy atom. The highest BCUT2D eigenvalue weighted by atomic mass is 16.1. The van der Waals surface area contributed by atoms with Crippen LogP contribution >= 0.6 is 0 Å². The number of fused-ring (bicyclic) bond motifs is 1. The van der Waals surface area contributed by atoms with Gasteiger partial charge in [-0.15, -0.1) is 0 Å². The third-order valence-electron chi connectivity index (χ3n) is 4.68. The molecule has 0 saturated heterocycles. The molecule has 2 heterocycles. The van der Waals surface area contributed by atoms with E-state index in [1.54, 1.807) is 6.20 Å². The van der Waals surface area contributed by atoms with Crippen LogP contribution in [0.25, 0.3) is 0 Å². The third kappa shape index (κ3) is 3.16. The number of amides is 1. The van der Waals surface area contributed by atoms with Gasteiger partial charge in [0.1, 0.15) is 5.82 Å². The minimum absolute atomic E-state index is 0.0989. The van der Waals surface area contributed by atoms with E-state index in [1.807, 2.05) is 24.9 Å². The molecule has 6 heteroatoms. The summed E-state index contributed by atoms with van der Waals surface area (Å²) in [5.74, 6) is 1.13. The first-order chi connectivity index (χ1) is 11.1. The minimum Gasteiger partial charge on any atom is -0.349 e. The van der Waals surface area contributed by atoms with Crippen molar-refractivity contribution < 1.29 is 4.79 Å². The zero-order valence-corrected chi connectivity index (χ0v) is 14.2. The number of nitrogens with one attached hydrogen (secondary N) is 1. The van der Waals surface area contributed by atoms with Gasteiger partial charge in [-0.05, 0) is 26.2 Å². The number of carbonyl (C=O) groups excluding carboxylic acids is 1. The van der Waals surface area contributed by atoms with Gasteiger partial charge in [0.15, 0.2) is 0 Å². The zero-order valence-electron chi connectivity index (χ0n) is 14.2. The van der Waals surface area contributed by atoms with E-state index >= 15 is 0 Å².